The molecular weight excluding hydrogens is 544 g/mol. The summed E-state index contributed by atoms with van der Waals surface area (Å²) < 4.78 is 5.42. The number of carboxylic acids is 1. The summed E-state index contributed by atoms with van der Waals surface area (Å²) >= 11 is 1.42. The van der Waals surface area contributed by atoms with Crippen molar-refractivity contribution in [2.75, 3.05) is 47.8 Å². The van der Waals surface area contributed by atoms with Crippen LogP contribution >= 0.6 is 11.3 Å². The first kappa shape index (κ1) is 29.5. The molecule has 0 saturated heterocycles. The van der Waals surface area contributed by atoms with Crippen LogP contribution in [0.1, 0.15) is 36.7 Å². The van der Waals surface area contributed by atoms with Crippen LogP contribution in [0.5, 0.6) is 5.75 Å². The predicted octanol–water partition coefficient (Wildman–Crippen LogP) is 4.53. The summed E-state index contributed by atoms with van der Waals surface area (Å²) in [7, 11) is 0. The molecule has 3 heterocycles. The first-order valence-corrected chi connectivity index (χ1v) is 14.4. The Kier molecular flexibility index (Phi) is 9.91. The van der Waals surface area contributed by atoms with E-state index in [9.17, 15) is 19.5 Å². The molecule has 0 radical (unpaired) electrons. The highest BCUT2D eigenvalue weighted by Gasteiger charge is 2.26. The van der Waals surface area contributed by atoms with Gasteiger partial charge in [0.1, 0.15) is 17.5 Å². The van der Waals surface area contributed by atoms with Crippen LogP contribution in [0.2, 0.25) is 0 Å². The van der Waals surface area contributed by atoms with E-state index in [1.54, 1.807) is 46.8 Å². The number of ether oxygens (including phenoxy) is 1. The van der Waals surface area contributed by atoms with Gasteiger partial charge in [0.05, 0.1) is 11.8 Å². The van der Waals surface area contributed by atoms with Gasteiger partial charge in [0.25, 0.3) is 5.91 Å². The molecule has 0 fully saturated rings. The number of carbonyl (C=O) groups excluding carboxylic acids is 2. The fraction of sp³-hybridized carbons (Fsp3) is 0.345. The average molecular weight is 579 g/mol. The van der Waals surface area contributed by atoms with Crippen LogP contribution in [0.4, 0.5) is 22.2 Å². The molecule has 0 saturated carbocycles. The van der Waals surface area contributed by atoms with Gasteiger partial charge in [-0.3, -0.25) is 4.79 Å². The number of aromatic nitrogens is 2. The van der Waals surface area contributed by atoms with Crippen molar-refractivity contribution in [1.82, 2.24) is 14.9 Å². The molecule has 2 N–H and O–H groups in total. The zero-order chi connectivity index (χ0) is 29.4. The maximum atomic E-state index is 13.3. The maximum absolute atomic E-state index is 13.3. The minimum absolute atomic E-state index is 0.119. The minimum Gasteiger partial charge on any atom is -0.480 e. The lowest BCUT2D eigenvalue weighted by atomic mass is 10.1. The Hall–Kier alpha value is -4.45. The molecule has 1 atom stereocenters. The number of rotatable bonds is 12. The third-order valence-electron chi connectivity index (χ3n) is 6.68. The van der Waals surface area contributed by atoms with E-state index in [0.29, 0.717) is 61.2 Å². The lowest BCUT2D eigenvalue weighted by molar-refractivity contribution is -0.137. The van der Waals surface area contributed by atoms with Crippen LogP contribution in [0.3, 0.4) is 0 Å². The summed E-state index contributed by atoms with van der Waals surface area (Å²) in [6.07, 6.45) is 5.04. The number of thiophene rings is 1. The fourth-order valence-corrected chi connectivity index (χ4v) is 5.01. The highest BCUT2D eigenvalue weighted by atomic mass is 32.1. The van der Waals surface area contributed by atoms with Crippen LogP contribution in [0.25, 0.3) is 0 Å². The molecule has 11 nitrogen and oxygen atoms in total. The second-order valence-electron chi connectivity index (χ2n) is 9.27. The third-order valence-corrected chi connectivity index (χ3v) is 7.36. The van der Waals surface area contributed by atoms with E-state index in [0.717, 1.165) is 0 Å². The number of carboxylic acid groups (broad SMARTS) is 1. The van der Waals surface area contributed by atoms with Gasteiger partial charge in [-0.1, -0.05) is 24.3 Å². The first-order chi connectivity index (χ1) is 19.8. The average Bonchev–Trinajstić information content (AvgIpc) is 3.71. The Morgan fingerprint density at radius 3 is 2.37 bits per heavy atom. The van der Waals surface area contributed by atoms with Crippen molar-refractivity contribution in [3.8, 4) is 5.75 Å². The summed E-state index contributed by atoms with van der Waals surface area (Å²) in [6.45, 7) is 8.49. The molecule has 0 unspecified atom stereocenters. The van der Waals surface area contributed by atoms with Crippen molar-refractivity contribution >= 4 is 46.8 Å². The summed E-state index contributed by atoms with van der Waals surface area (Å²) in [6, 6.07) is 7.42. The smallest absolute Gasteiger partial charge is 0.415 e. The lowest BCUT2D eigenvalue weighted by Crippen LogP contribution is -2.36. The van der Waals surface area contributed by atoms with E-state index in [1.807, 2.05) is 43.2 Å². The molecule has 2 amide bonds. The molecule has 1 aliphatic rings. The Bertz CT molecular complexity index is 1370. The molecule has 0 aliphatic carbocycles. The summed E-state index contributed by atoms with van der Waals surface area (Å²) in [5, 5.41) is 16.8. The van der Waals surface area contributed by atoms with Gasteiger partial charge in [-0.05, 0) is 49.9 Å². The summed E-state index contributed by atoms with van der Waals surface area (Å²) in [5.41, 5.74) is 1.64. The molecule has 2 aromatic heterocycles. The van der Waals surface area contributed by atoms with Crippen molar-refractivity contribution in [2.45, 2.75) is 33.2 Å². The standard InChI is InChI=1S/C29H34N6O5S/c1-4-33(5-2)28-30-18-24(35(6-3)26(36)21-13-16-41-19-21)25(32-28)31-23(27(37)38)17-20-9-11-22(12-10-20)40-29(39)34-14-7-8-15-34/h7-13,16,18-19,23H,4-6,14-15,17H2,1-3H3,(H,37,38)(H,30,31,32)/t23-/m0/s1. The SMILES string of the molecule is CCN(CC)c1ncc(N(CC)C(=O)c2ccsc2)c(N[C@@H](Cc2ccc(OC(=O)N3CC=CC3)cc2)C(=O)O)n1. The van der Waals surface area contributed by atoms with Gasteiger partial charge in [0.2, 0.25) is 5.95 Å². The molecule has 41 heavy (non-hydrogen) atoms. The Morgan fingerprint density at radius 1 is 1.07 bits per heavy atom. The molecule has 1 aliphatic heterocycles. The molecule has 216 valence electrons. The number of amides is 2. The van der Waals surface area contributed by atoms with Crippen molar-refractivity contribution in [2.24, 2.45) is 0 Å². The normalized spacial score (nSPS) is 13.1. The third kappa shape index (κ3) is 7.20. The van der Waals surface area contributed by atoms with Gasteiger partial charge in [-0.2, -0.15) is 16.3 Å². The largest absolute Gasteiger partial charge is 0.480 e. The number of hydrogen-bond donors (Lipinski definition) is 2. The van der Waals surface area contributed by atoms with Gasteiger partial charge >= 0.3 is 12.1 Å². The fourth-order valence-electron chi connectivity index (χ4n) is 4.38. The highest BCUT2D eigenvalue weighted by molar-refractivity contribution is 7.08. The van der Waals surface area contributed by atoms with E-state index in [-0.39, 0.29) is 18.1 Å². The van der Waals surface area contributed by atoms with Crippen molar-refractivity contribution in [1.29, 1.82) is 0 Å². The molecule has 3 aromatic rings. The zero-order valence-electron chi connectivity index (χ0n) is 23.3. The monoisotopic (exact) mass is 578 g/mol. The van der Waals surface area contributed by atoms with Crippen molar-refractivity contribution in [3.63, 3.8) is 0 Å². The minimum atomic E-state index is -1.08. The first-order valence-electron chi connectivity index (χ1n) is 13.5. The quantitative estimate of drug-likeness (QED) is 0.298. The van der Waals surface area contributed by atoms with Crippen molar-refractivity contribution < 1.29 is 24.2 Å². The number of hydrogen-bond acceptors (Lipinski definition) is 9. The number of anilines is 3. The number of nitrogens with one attached hydrogen (secondary N) is 1. The van der Waals surface area contributed by atoms with Crippen molar-refractivity contribution in [3.05, 3.63) is 70.6 Å². The van der Waals surface area contributed by atoms with Gasteiger partial charge in [0.15, 0.2) is 5.82 Å². The van der Waals surface area contributed by atoms with E-state index in [2.05, 4.69) is 15.3 Å². The molecule has 12 heteroatoms. The van der Waals surface area contributed by atoms with E-state index < -0.39 is 18.1 Å². The topological polar surface area (TPSA) is 128 Å². The zero-order valence-corrected chi connectivity index (χ0v) is 24.1. The summed E-state index contributed by atoms with van der Waals surface area (Å²) in [5.74, 6) is -0.243. The summed E-state index contributed by atoms with van der Waals surface area (Å²) in [4.78, 5) is 52.2. The molecular formula is C29H34N6O5S. The van der Waals surface area contributed by atoms with Crippen LogP contribution in [0.15, 0.2) is 59.4 Å². The maximum Gasteiger partial charge on any atom is 0.415 e. The van der Waals surface area contributed by atoms with Crippen LogP contribution in [-0.2, 0) is 11.2 Å². The molecule has 0 spiro atoms. The number of carbonyl (C=O) groups is 3. The predicted molar refractivity (Wildman–Crippen MR) is 159 cm³/mol. The second kappa shape index (κ2) is 13.8. The molecule has 1 aromatic carbocycles. The van der Waals surface area contributed by atoms with Gasteiger partial charge < -0.3 is 29.9 Å². The van der Waals surface area contributed by atoms with E-state index >= 15 is 0 Å². The van der Waals surface area contributed by atoms with Crippen LogP contribution in [0, 0.1) is 0 Å². The number of aliphatic carboxylic acids is 1. The second-order valence-corrected chi connectivity index (χ2v) is 10.0. The molecule has 0 bridgehead atoms. The van der Waals surface area contributed by atoms with Gasteiger partial charge in [0, 0.05) is 44.5 Å². The Labute approximate surface area is 243 Å². The van der Waals surface area contributed by atoms with Crippen LogP contribution in [-0.4, -0.2) is 76.7 Å². The van der Waals surface area contributed by atoms with E-state index in [1.165, 1.54) is 16.2 Å². The number of benzene rings is 1. The van der Waals surface area contributed by atoms with Crippen LogP contribution < -0.4 is 19.9 Å². The lowest BCUT2D eigenvalue weighted by Gasteiger charge is -2.26. The number of nitrogens with zero attached hydrogens (tertiary/aromatic N) is 5. The highest BCUT2D eigenvalue weighted by Crippen LogP contribution is 2.29. The molecule has 4 rings (SSSR count). The van der Waals surface area contributed by atoms with E-state index in [4.69, 9.17) is 4.74 Å². The Balaban J connectivity index is 1.58. The Morgan fingerprint density at radius 2 is 1.78 bits per heavy atom. The van der Waals surface area contributed by atoms with Gasteiger partial charge in [-0.25, -0.2) is 14.6 Å². The van der Waals surface area contributed by atoms with Gasteiger partial charge in [-0.15, -0.1) is 0 Å².